The number of amides is 1. The van der Waals surface area contributed by atoms with Gasteiger partial charge in [-0.3, -0.25) is 9.59 Å². The normalized spacial score (nSPS) is 10.5. The molecular formula is C18H15ClN4O2. The summed E-state index contributed by atoms with van der Waals surface area (Å²) in [6.45, 7) is 3.22. The maximum absolute atomic E-state index is 12.4. The molecule has 6 nitrogen and oxygen atoms in total. The zero-order chi connectivity index (χ0) is 18.0. The molecule has 126 valence electrons. The third kappa shape index (κ3) is 3.75. The summed E-state index contributed by atoms with van der Waals surface area (Å²) in [6.07, 6.45) is 0. The van der Waals surface area contributed by atoms with Crippen molar-refractivity contribution in [3.05, 3.63) is 70.8 Å². The Kier molecular flexibility index (Phi) is 4.63. The quantitative estimate of drug-likeness (QED) is 0.725. The van der Waals surface area contributed by atoms with Gasteiger partial charge in [0.1, 0.15) is 5.82 Å². The van der Waals surface area contributed by atoms with Gasteiger partial charge in [0.2, 0.25) is 5.82 Å². The van der Waals surface area contributed by atoms with E-state index in [0.717, 1.165) is 5.69 Å². The van der Waals surface area contributed by atoms with Crippen LogP contribution in [0, 0.1) is 6.92 Å². The standard InChI is InChI=1S/C18H15ClN4O2/c1-11(24)13-5-3-7-15(9-13)21-18(25)17-20-12(2)23(22-17)16-8-4-6-14(19)10-16/h3-10H,1-2H3,(H,21,25). The van der Waals surface area contributed by atoms with E-state index in [1.54, 1.807) is 54.1 Å². The number of Topliss-reactive ketones (excluding diaryl/α,β-unsaturated/α-hetero) is 1. The topological polar surface area (TPSA) is 76.9 Å². The number of ketones is 1. The minimum Gasteiger partial charge on any atom is -0.319 e. The Labute approximate surface area is 149 Å². The van der Waals surface area contributed by atoms with Gasteiger partial charge in [0.05, 0.1) is 5.69 Å². The summed E-state index contributed by atoms with van der Waals surface area (Å²) in [4.78, 5) is 28.0. The summed E-state index contributed by atoms with van der Waals surface area (Å²) < 4.78 is 1.55. The van der Waals surface area contributed by atoms with Crippen molar-refractivity contribution >= 4 is 29.0 Å². The summed E-state index contributed by atoms with van der Waals surface area (Å²) in [5.41, 5.74) is 1.75. The van der Waals surface area contributed by atoms with Crippen molar-refractivity contribution in [2.75, 3.05) is 5.32 Å². The Bertz CT molecular complexity index is 965. The fourth-order valence-corrected chi connectivity index (χ4v) is 2.53. The maximum Gasteiger partial charge on any atom is 0.295 e. The van der Waals surface area contributed by atoms with E-state index < -0.39 is 5.91 Å². The molecule has 0 aliphatic carbocycles. The molecule has 1 heterocycles. The first-order chi connectivity index (χ1) is 11.9. The van der Waals surface area contributed by atoms with Gasteiger partial charge >= 0.3 is 0 Å². The molecule has 25 heavy (non-hydrogen) atoms. The summed E-state index contributed by atoms with van der Waals surface area (Å²) in [5, 5.41) is 7.51. The van der Waals surface area contributed by atoms with Crippen molar-refractivity contribution < 1.29 is 9.59 Å². The zero-order valence-corrected chi connectivity index (χ0v) is 14.4. The van der Waals surface area contributed by atoms with Crippen LogP contribution in [-0.2, 0) is 0 Å². The van der Waals surface area contributed by atoms with Crippen molar-refractivity contribution in [1.82, 2.24) is 14.8 Å². The molecule has 0 aliphatic heterocycles. The molecule has 1 aromatic heterocycles. The van der Waals surface area contributed by atoms with Gasteiger partial charge in [0.15, 0.2) is 5.78 Å². The molecule has 0 spiro atoms. The molecule has 0 unspecified atom stereocenters. The highest BCUT2D eigenvalue weighted by molar-refractivity contribution is 6.30. The number of hydrogen-bond donors (Lipinski definition) is 1. The highest BCUT2D eigenvalue weighted by Gasteiger charge is 2.16. The summed E-state index contributed by atoms with van der Waals surface area (Å²) in [7, 11) is 0. The van der Waals surface area contributed by atoms with E-state index in [1.807, 2.05) is 6.07 Å². The van der Waals surface area contributed by atoms with E-state index in [1.165, 1.54) is 6.92 Å². The number of aromatic nitrogens is 3. The first kappa shape index (κ1) is 16.9. The van der Waals surface area contributed by atoms with Crippen LogP contribution in [0.4, 0.5) is 5.69 Å². The van der Waals surface area contributed by atoms with Crippen LogP contribution in [-0.4, -0.2) is 26.5 Å². The van der Waals surface area contributed by atoms with Crippen LogP contribution in [0.25, 0.3) is 5.69 Å². The first-order valence-corrected chi connectivity index (χ1v) is 7.94. The number of anilines is 1. The van der Waals surface area contributed by atoms with Crippen LogP contribution in [0.3, 0.4) is 0 Å². The second kappa shape index (κ2) is 6.86. The van der Waals surface area contributed by atoms with Crippen molar-refractivity contribution in [2.45, 2.75) is 13.8 Å². The number of nitrogens with zero attached hydrogens (tertiary/aromatic N) is 3. The minimum absolute atomic E-state index is 0.0331. The lowest BCUT2D eigenvalue weighted by molar-refractivity contribution is 0.100. The van der Waals surface area contributed by atoms with E-state index in [9.17, 15) is 9.59 Å². The Morgan fingerprint density at radius 1 is 1.12 bits per heavy atom. The molecule has 0 saturated heterocycles. The zero-order valence-electron chi connectivity index (χ0n) is 13.7. The Morgan fingerprint density at radius 3 is 2.60 bits per heavy atom. The predicted molar refractivity (Wildman–Crippen MR) is 95.5 cm³/mol. The Hall–Kier alpha value is -2.99. The largest absolute Gasteiger partial charge is 0.319 e. The van der Waals surface area contributed by atoms with Gasteiger partial charge in [0, 0.05) is 16.3 Å². The lowest BCUT2D eigenvalue weighted by atomic mass is 10.1. The molecule has 0 saturated carbocycles. The number of rotatable bonds is 4. The molecular weight excluding hydrogens is 340 g/mol. The van der Waals surface area contributed by atoms with E-state index in [-0.39, 0.29) is 11.6 Å². The lowest BCUT2D eigenvalue weighted by Gasteiger charge is -2.04. The molecule has 0 bridgehead atoms. The monoisotopic (exact) mass is 354 g/mol. The van der Waals surface area contributed by atoms with Gasteiger partial charge in [-0.05, 0) is 44.2 Å². The SMILES string of the molecule is CC(=O)c1cccc(NC(=O)c2nc(C)n(-c3cccc(Cl)c3)n2)c1. The molecule has 3 rings (SSSR count). The average Bonchev–Trinajstić information content (AvgIpc) is 2.97. The number of nitrogens with one attached hydrogen (secondary N) is 1. The van der Waals surface area contributed by atoms with Gasteiger partial charge in [0.25, 0.3) is 5.91 Å². The Balaban J connectivity index is 1.85. The molecule has 1 amide bonds. The Morgan fingerprint density at radius 2 is 1.88 bits per heavy atom. The van der Waals surface area contributed by atoms with Crippen molar-refractivity contribution in [1.29, 1.82) is 0 Å². The number of carbonyl (C=O) groups excluding carboxylic acids is 2. The smallest absolute Gasteiger partial charge is 0.295 e. The van der Waals surface area contributed by atoms with Crippen molar-refractivity contribution in [3.63, 3.8) is 0 Å². The van der Waals surface area contributed by atoms with Gasteiger partial charge in [-0.25, -0.2) is 9.67 Å². The van der Waals surface area contributed by atoms with Crippen LogP contribution in [0.5, 0.6) is 0 Å². The van der Waals surface area contributed by atoms with Crippen LogP contribution < -0.4 is 5.32 Å². The third-order valence-corrected chi connectivity index (χ3v) is 3.79. The van der Waals surface area contributed by atoms with Crippen molar-refractivity contribution in [3.8, 4) is 5.69 Å². The molecule has 3 aromatic rings. The number of aryl methyl sites for hydroxylation is 1. The number of benzene rings is 2. The number of hydrogen-bond acceptors (Lipinski definition) is 4. The van der Waals surface area contributed by atoms with Crippen LogP contribution in [0.15, 0.2) is 48.5 Å². The second-order valence-corrected chi connectivity index (χ2v) is 5.90. The van der Waals surface area contributed by atoms with Crippen LogP contribution in [0.2, 0.25) is 5.02 Å². The summed E-state index contributed by atoms with van der Waals surface area (Å²) >= 11 is 6.00. The van der Waals surface area contributed by atoms with Gasteiger partial charge in [-0.15, -0.1) is 5.10 Å². The van der Waals surface area contributed by atoms with Crippen LogP contribution >= 0.6 is 11.6 Å². The predicted octanol–water partition coefficient (Wildman–Crippen LogP) is 3.68. The fraction of sp³-hybridized carbons (Fsp3) is 0.111. The second-order valence-electron chi connectivity index (χ2n) is 5.47. The molecule has 0 aliphatic rings. The molecule has 2 aromatic carbocycles. The van der Waals surface area contributed by atoms with Crippen LogP contribution in [0.1, 0.15) is 33.7 Å². The first-order valence-electron chi connectivity index (χ1n) is 7.56. The average molecular weight is 355 g/mol. The van der Waals surface area contributed by atoms with E-state index in [4.69, 9.17) is 11.6 Å². The fourth-order valence-electron chi connectivity index (χ4n) is 2.34. The molecule has 0 atom stereocenters. The highest BCUT2D eigenvalue weighted by atomic mass is 35.5. The van der Waals surface area contributed by atoms with E-state index in [2.05, 4.69) is 15.4 Å². The van der Waals surface area contributed by atoms with Crippen molar-refractivity contribution in [2.24, 2.45) is 0 Å². The lowest BCUT2D eigenvalue weighted by Crippen LogP contribution is -2.14. The maximum atomic E-state index is 12.4. The molecule has 7 heteroatoms. The van der Waals surface area contributed by atoms with Gasteiger partial charge in [-0.2, -0.15) is 0 Å². The summed E-state index contributed by atoms with van der Waals surface area (Å²) in [6, 6.07) is 13.8. The summed E-state index contributed by atoms with van der Waals surface area (Å²) in [5.74, 6) is 0.0653. The number of halogens is 1. The molecule has 0 radical (unpaired) electrons. The van der Waals surface area contributed by atoms with E-state index in [0.29, 0.717) is 22.1 Å². The number of carbonyl (C=O) groups is 2. The molecule has 1 N–H and O–H groups in total. The van der Waals surface area contributed by atoms with Gasteiger partial charge < -0.3 is 5.32 Å². The van der Waals surface area contributed by atoms with Gasteiger partial charge in [-0.1, -0.05) is 29.8 Å². The minimum atomic E-state index is -0.454. The van der Waals surface area contributed by atoms with E-state index >= 15 is 0 Å². The highest BCUT2D eigenvalue weighted by Crippen LogP contribution is 2.16. The third-order valence-electron chi connectivity index (χ3n) is 3.55. The molecule has 0 fully saturated rings.